The van der Waals surface area contributed by atoms with Gasteiger partial charge in [0, 0.05) is 36.5 Å². The Bertz CT molecular complexity index is 1070. The fourth-order valence-electron chi connectivity index (χ4n) is 3.95. The molecule has 1 fully saturated rings. The molecule has 1 aliphatic heterocycles. The lowest BCUT2D eigenvalue weighted by Gasteiger charge is -2.26. The number of hydrogen-bond donors (Lipinski definition) is 2. The van der Waals surface area contributed by atoms with Gasteiger partial charge >= 0.3 is 0 Å². The molecule has 1 atom stereocenters. The summed E-state index contributed by atoms with van der Waals surface area (Å²) in [6.07, 6.45) is 5.95. The van der Waals surface area contributed by atoms with Gasteiger partial charge in [-0.1, -0.05) is 12.1 Å². The zero-order chi connectivity index (χ0) is 19.7. The number of aromatic nitrogens is 2. The molecule has 3 aromatic rings. The summed E-state index contributed by atoms with van der Waals surface area (Å²) in [5.41, 5.74) is 9.50. The summed E-state index contributed by atoms with van der Waals surface area (Å²) >= 11 is 0. The Balaban J connectivity index is 1.71. The number of nitrogens with zero attached hydrogens (tertiary/aromatic N) is 1. The third-order valence-electron chi connectivity index (χ3n) is 5.51. The molecule has 0 saturated carbocycles. The van der Waals surface area contributed by atoms with Crippen molar-refractivity contribution in [1.82, 2.24) is 9.97 Å². The lowest BCUT2D eigenvalue weighted by Crippen LogP contribution is -2.18. The van der Waals surface area contributed by atoms with Crippen molar-refractivity contribution in [3.63, 3.8) is 0 Å². The number of nitrogens with one attached hydrogen (secondary N) is 1. The summed E-state index contributed by atoms with van der Waals surface area (Å²) in [6.45, 7) is 1.60. The van der Waals surface area contributed by atoms with Crippen LogP contribution in [-0.4, -0.2) is 37.9 Å². The minimum absolute atomic E-state index is 0.132. The van der Waals surface area contributed by atoms with Gasteiger partial charge in [0.25, 0.3) is 0 Å². The fourth-order valence-corrected chi connectivity index (χ4v) is 4.58. The number of anilines is 1. The van der Waals surface area contributed by atoms with E-state index in [4.69, 9.17) is 10.5 Å². The second-order valence-corrected chi connectivity index (χ2v) is 9.63. The van der Waals surface area contributed by atoms with Crippen molar-refractivity contribution in [3.05, 3.63) is 53.9 Å². The maximum atomic E-state index is 11.8. The molecule has 4 rings (SSSR count). The molecule has 1 aliphatic rings. The van der Waals surface area contributed by atoms with E-state index in [1.165, 1.54) is 6.26 Å². The van der Waals surface area contributed by atoms with E-state index in [1.54, 1.807) is 18.3 Å². The van der Waals surface area contributed by atoms with E-state index < -0.39 is 9.84 Å². The van der Waals surface area contributed by atoms with Crippen LogP contribution in [0, 0.1) is 5.92 Å². The highest BCUT2D eigenvalue weighted by Gasteiger charge is 2.24. The fraction of sp³-hybridized carbons (Fsp3) is 0.381. The van der Waals surface area contributed by atoms with E-state index in [0.29, 0.717) is 16.5 Å². The number of nitrogens with two attached hydrogens (primary N) is 1. The Kier molecular flexibility index (Phi) is 5.12. The molecule has 0 spiro atoms. The molecule has 0 bridgehead atoms. The van der Waals surface area contributed by atoms with E-state index in [1.807, 2.05) is 18.2 Å². The summed E-state index contributed by atoms with van der Waals surface area (Å²) in [4.78, 5) is 8.17. The summed E-state index contributed by atoms with van der Waals surface area (Å²) in [5, 5.41) is 0.986. The number of H-pyrrole nitrogens is 1. The number of aromatic amines is 1. The number of pyridine rings is 1. The quantitative estimate of drug-likeness (QED) is 0.684. The smallest absolute Gasteiger partial charge is 0.175 e. The summed E-state index contributed by atoms with van der Waals surface area (Å²) in [5.74, 6) is 0.699. The van der Waals surface area contributed by atoms with Crippen molar-refractivity contribution in [1.29, 1.82) is 0 Å². The van der Waals surface area contributed by atoms with Crippen molar-refractivity contribution in [2.45, 2.75) is 30.1 Å². The van der Waals surface area contributed by atoms with Crippen molar-refractivity contribution in [2.24, 2.45) is 5.92 Å². The van der Waals surface area contributed by atoms with Crippen LogP contribution in [-0.2, 0) is 14.6 Å². The summed E-state index contributed by atoms with van der Waals surface area (Å²) < 4.78 is 29.1. The van der Waals surface area contributed by atoms with E-state index in [2.05, 4.69) is 16.0 Å². The predicted octanol–water partition coefficient (Wildman–Crippen LogP) is 3.50. The van der Waals surface area contributed by atoms with Gasteiger partial charge in [0.2, 0.25) is 0 Å². The van der Waals surface area contributed by atoms with Crippen LogP contribution in [0.25, 0.3) is 11.0 Å². The highest BCUT2D eigenvalue weighted by molar-refractivity contribution is 7.90. The molecule has 0 radical (unpaired) electrons. The molecular formula is C21H25N3O3S. The minimum atomic E-state index is -3.21. The first-order valence-electron chi connectivity index (χ1n) is 9.52. The number of hydrogen-bond acceptors (Lipinski definition) is 5. The van der Waals surface area contributed by atoms with Gasteiger partial charge in [0.05, 0.1) is 16.8 Å². The van der Waals surface area contributed by atoms with E-state index in [9.17, 15) is 8.42 Å². The van der Waals surface area contributed by atoms with Crippen molar-refractivity contribution >= 4 is 26.6 Å². The van der Waals surface area contributed by atoms with Gasteiger partial charge < -0.3 is 15.5 Å². The van der Waals surface area contributed by atoms with Crippen LogP contribution in [0.5, 0.6) is 0 Å². The normalized spacial score (nSPS) is 17.0. The lowest BCUT2D eigenvalue weighted by molar-refractivity contribution is 0.0626. The molecule has 1 saturated heterocycles. The van der Waals surface area contributed by atoms with Crippen LogP contribution >= 0.6 is 0 Å². The van der Waals surface area contributed by atoms with Crippen molar-refractivity contribution in [3.8, 4) is 0 Å². The third kappa shape index (κ3) is 4.05. The molecule has 0 aliphatic carbocycles. The molecule has 148 valence electrons. The average molecular weight is 400 g/mol. The number of sulfone groups is 1. The molecular weight excluding hydrogens is 374 g/mol. The van der Waals surface area contributed by atoms with Gasteiger partial charge in [-0.05, 0) is 55.0 Å². The Morgan fingerprint density at radius 3 is 2.61 bits per heavy atom. The van der Waals surface area contributed by atoms with E-state index in [0.717, 1.165) is 54.8 Å². The van der Waals surface area contributed by atoms with Crippen molar-refractivity contribution in [2.75, 3.05) is 25.2 Å². The number of rotatable bonds is 5. The Hall–Kier alpha value is -2.38. The van der Waals surface area contributed by atoms with Crippen LogP contribution in [0.2, 0.25) is 0 Å². The molecule has 7 heteroatoms. The summed E-state index contributed by atoms with van der Waals surface area (Å²) in [7, 11) is -3.21. The first-order valence-corrected chi connectivity index (χ1v) is 11.4. The van der Waals surface area contributed by atoms with Gasteiger partial charge in [0.15, 0.2) is 9.84 Å². The number of fused-ring (bicyclic) bond motifs is 1. The first kappa shape index (κ1) is 19.0. The molecule has 1 aromatic carbocycles. The molecule has 3 N–H and O–H groups in total. The van der Waals surface area contributed by atoms with Crippen LogP contribution in [0.3, 0.4) is 0 Å². The van der Waals surface area contributed by atoms with Crippen LogP contribution < -0.4 is 5.73 Å². The highest BCUT2D eigenvalue weighted by atomic mass is 32.2. The molecule has 28 heavy (non-hydrogen) atoms. The second kappa shape index (κ2) is 7.56. The molecule has 1 unspecified atom stereocenters. The third-order valence-corrected chi connectivity index (χ3v) is 6.64. The molecule has 0 amide bonds. The first-order chi connectivity index (χ1) is 13.4. The minimum Gasteiger partial charge on any atom is -0.397 e. The molecule has 2 aromatic heterocycles. The van der Waals surface area contributed by atoms with Gasteiger partial charge in [-0.25, -0.2) is 13.4 Å². The van der Waals surface area contributed by atoms with E-state index >= 15 is 0 Å². The van der Waals surface area contributed by atoms with Gasteiger partial charge in [-0.2, -0.15) is 0 Å². The predicted molar refractivity (Wildman–Crippen MR) is 110 cm³/mol. The molecule has 3 heterocycles. The van der Waals surface area contributed by atoms with Gasteiger partial charge in [-0.3, -0.25) is 0 Å². The second-order valence-electron chi connectivity index (χ2n) is 7.62. The topological polar surface area (TPSA) is 98.1 Å². The highest BCUT2D eigenvalue weighted by Crippen LogP contribution is 2.35. The largest absolute Gasteiger partial charge is 0.397 e. The van der Waals surface area contributed by atoms with Crippen LogP contribution in [0.4, 0.5) is 5.69 Å². The zero-order valence-corrected chi connectivity index (χ0v) is 16.7. The maximum absolute atomic E-state index is 11.8. The standard InChI is InChI=1S/C21H25N3O3S/c1-28(25,26)18-4-2-15(3-5-18)19(10-14-6-8-27-9-7-14)20-12-16-11-17(22)13-23-21(16)24-20/h2-5,11-14,19H,6-10,22H2,1H3,(H,23,24). The maximum Gasteiger partial charge on any atom is 0.175 e. The van der Waals surface area contributed by atoms with Gasteiger partial charge in [0.1, 0.15) is 5.65 Å². The number of benzene rings is 1. The average Bonchev–Trinajstić information content (AvgIpc) is 3.09. The van der Waals surface area contributed by atoms with E-state index in [-0.39, 0.29) is 5.92 Å². The summed E-state index contributed by atoms with van der Waals surface area (Å²) in [6, 6.07) is 11.3. The van der Waals surface area contributed by atoms with Crippen LogP contribution in [0.1, 0.15) is 36.4 Å². The Labute approximate surface area is 165 Å². The Morgan fingerprint density at radius 2 is 1.93 bits per heavy atom. The molecule has 6 nitrogen and oxygen atoms in total. The van der Waals surface area contributed by atoms with Crippen LogP contribution in [0.15, 0.2) is 47.5 Å². The zero-order valence-electron chi connectivity index (χ0n) is 15.9. The lowest BCUT2D eigenvalue weighted by atomic mass is 9.83. The van der Waals surface area contributed by atoms with Gasteiger partial charge in [-0.15, -0.1) is 0 Å². The SMILES string of the molecule is CS(=O)(=O)c1ccc(C(CC2CCOCC2)c2cc3cc(N)cnc3[nH]2)cc1. The number of nitrogen functional groups attached to an aromatic ring is 1. The Morgan fingerprint density at radius 1 is 1.21 bits per heavy atom. The number of ether oxygens (including phenoxy) is 1. The monoisotopic (exact) mass is 399 g/mol. The van der Waals surface area contributed by atoms with Crippen molar-refractivity contribution < 1.29 is 13.2 Å².